The predicted octanol–water partition coefficient (Wildman–Crippen LogP) is 0.442. The molecule has 0 bridgehead atoms. The lowest BCUT2D eigenvalue weighted by molar-refractivity contribution is 0.350. The Bertz CT molecular complexity index is 333. The van der Waals surface area contributed by atoms with E-state index in [-0.39, 0.29) is 18.1 Å². The Balaban J connectivity index is 3.01. The van der Waals surface area contributed by atoms with E-state index >= 15 is 0 Å². The molecule has 0 atom stereocenters. The van der Waals surface area contributed by atoms with E-state index in [4.69, 9.17) is 10.2 Å². The monoisotopic (exact) mass is 164 g/mol. The quantitative estimate of drug-likeness (QED) is 0.487. The molecular formula is C9H8O3. The van der Waals surface area contributed by atoms with Gasteiger partial charge in [-0.1, -0.05) is 11.8 Å². The summed E-state index contributed by atoms with van der Waals surface area (Å²) in [6.07, 6.45) is 0. The molecule has 3 heteroatoms. The van der Waals surface area contributed by atoms with Crippen LogP contribution in [-0.4, -0.2) is 21.9 Å². The fourth-order valence-corrected chi connectivity index (χ4v) is 0.760. The number of aliphatic hydroxyl groups excluding tert-OH is 1. The van der Waals surface area contributed by atoms with Gasteiger partial charge in [-0.25, -0.2) is 0 Å². The number of aromatic hydroxyl groups is 2. The van der Waals surface area contributed by atoms with E-state index < -0.39 is 0 Å². The van der Waals surface area contributed by atoms with E-state index in [9.17, 15) is 5.11 Å². The van der Waals surface area contributed by atoms with E-state index in [0.717, 1.165) is 0 Å². The first-order valence-electron chi connectivity index (χ1n) is 3.36. The van der Waals surface area contributed by atoms with Gasteiger partial charge >= 0.3 is 0 Å². The van der Waals surface area contributed by atoms with Crippen LogP contribution in [0.1, 0.15) is 5.56 Å². The molecule has 3 nitrogen and oxygen atoms in total. The number of hydrogen-bond acceptors (Lipinski definition) is 3. The normalized spacial score (nSPS) is 8.75. The molecule has 62 valence electrons. The van der Waals surface area contributed by atoms with Gasteiger partial charge in [0, 0.05) is 6.07 Å². The predicted molar refractivity (Wildman–Crippen MR) is 43.7 cm³/mol. The summed E-state index contributed by atoms with van der Waals surface area (Å²) < 4.78 is 0. The Hall–Kier alpha value is -1.66. The standard InChI is InChI=1S/C9H8O3/c10-5-1-2-7-3-4-8(11)6-9(7)12/h3-4,6,10-12H,5H2. The summed E-state index contributed by atoms with van der Waals surface area (Å²) in [4.78, 5) is 0. The molecule has 0 aliphatic heterocycles. The van der Waals surface area contributed by atoms with Crippen molar-refractivity contribution in [2.24, 2.45) is 0 Å². The van der Waals surface area contributed by atoms with Crippen LogP contribution in [0.5, 0.6) is 11.5 Å². The maximum absolute atomic E-state index is 9.17. The minimum absolute atomic E-state index is 0.0120. The van der Waals surface area contributed by atoms with Crippen LogP contribution in [0.3, 0.4) is 0 Å². The summed E-state index contributed by atoms with van der Waals surface area (Å²) >= 11 is 0. The zero-order valence-corrected chi connectivity index (χ0v) is 6.28. The minimum atomic E-state index is -0.250. The fraction of sp³-hybridized carbons (Fsp3) is 0.111. The average molecular weight is 164 g/mol. The summed E-state index contributed by atoms with van der Waals surface area (Å²) in [6, 6.07) is 4.09. The maximum Gasteiger partial charge on any atom is 0.134 e. The summed E-state index contributed by atoms with van der Waals surface area (Å²) in [5.41, 5.74) is 0.391. The Morgan fingerprint density at radius 3 is 2.58 bits per heavy atom. The highest BCUT2D eigenvalue weighted by molar-refractivity contribution is 5.48. The Morgan fingerprint density at radius 2 is 2.00 bits per heavy atom. The topological polar surface area (TPSA) is 60.7 Å². The van der Waals surface area contributed by atoms with Crippen molar-refractivity contribution < 1.29 is 15.3 Å². The third kappa shape index (κ3) is 1.91. The third-order valence-electron chi connectivity index (χ3n) is 1.28. The Morgan fingerprint density at radius 1 is 1.25 bits per heavy atom. The second kappa shape index (κ2) is 3.65. The lowest BCUT2D eigenvalue weighted by Gasteiger charge is -1.96. The fourth-order valence-electron chi connectivity index (χ4n) is 0.760. The van der Waals surface area contributed by atoms with E-state index in [1.807, 2.05) is 0 Å². The van der Waals surface area contributed by atoms with Crippen molar-refractivity contribution in [1.29, 1.82) is 0 Å². The van der Waals surface area contributed by atoms with Crippen LogP contribution in [0.4, 0.5) is 0 Å². The van der Waals surface area contributed by atoms with Gasteiger partial charge in [-0.2, -0.15) is 0 Å². The molecule has 1 aromatic rings. The molecule has 3 N–H and O–H groups in total. The van der Waals surface area contributed by atoms with E-state index in [2.05, 4.69) is 11.8 Å². The molecule has 1 aromatic carbocycles. The van der Waals surface area contributed by atoms with Gasteiger partial charge in [-0.05, 0) is 12.1 Å². The van der Waals surface area contributed by atoms with Gasteiger partial charge in [0.15, 0.2) is 0 Å². The number of aliphatic hydroxyl groups is 1. The van der Waals surface area contributed by atoms with Crippen LogP contribution in [0.2, 0.25) is 0 Å². The lowest BCUT2D eigenvalue weighted by atomic mass is 10.2. The Labute approximate surface area is 69.9 Å². The summed E-state index contributed by atoms with van der Waals surface area (Å²) in [7, 11) is 0. The number of rotatable bonds is 0. The molecule has 1 rings (SSSR count). The van der Waals surface area contributed by atoms with Crippen molar-refractivity contribution in [2.75, 3.05) is 6.61 Å². The Kier molecular flexibility index (Phi) is 2.57. The first-order valence-corrected chi connectivity index (χ1v) is 3.36. The van der Waals surface area contributed by atoms with Crippen molar-refractivity contribution in [1.82, 2.24) is 0 Å². The molecule has 0 amide bonds. The molecule has 0 aromatic heterocycles. The molecule has 0 heterocycles. The molecular weight excluding hydrogens is 156 g/mol. The molecule has 0 aliphatic rings. The van der Waals surface area contributed by atoms with Gasteiger partial charge in [0.1, 0.15) is 18.1 Å². The highest BCUT2D eigenvalue weighted by Crippen LogP contribution is 2.21. The zero-order chi connectivity index (χ0) is 8.97. The molecule has 0 aliphatic carbocycles. The highest BCUT2D eigenvalue weighted by Gasteiger charge is 1.97. The van der Waals surface area contributed by atoms with Crippen LogP contribution in [-0.2, 0) is 0 Å². The van der Waals surface area contributed by atoms with E-state index in [1.54, 1.807) is 0 Å². The molecule has 0 fully saturated rings. The van der Waals surface area contributed by atoms with Gasteiger partial charge in [0.25, 0.3) is 0 Å². The largest absolute Gasteiger partial charge is 0.508 e. The smallest absolute Gasteiger partial charge is 0.134 e. The average Bonchev–Trinajstić information content (AvgIpc) is 2.03. The van der Waals surface area contributed by atoms with E-state index in [1.165, 1.54) is 18.2 Å². The lowest BCUT2D eigenvalue weighted by Crippen LogP contribution is -1.77. The van der Waals surface area contributed by atoms with Crippen LogP contribution in [0, 0.1) is 11.8 Å². The van der Waals surface area contributed by atoms with Gasteiger partial charge in [-0.15, -0.1) is 0 Å². The summed E-state index contributed by atoms with van der Waals surface area (Å²) in [5.74, 6) is 4.82. The van der Waals surface area contributed by atoms with Crippen molar-refractivity contribution in [2.45, 2.75) is 0 Å². The number of hydrogen-bond donors (Lipinski definition) is 3. The van der Waals surface area contributed by atoms with Crippen LogP contribution in [0.15, 0.2) is 18.2 Å². The molecule has 0 radical (unpaired) electrons. The van der Waals surface area contributed by atoms with E-state index in [0.29, 0.717) is 5.56 Å². The second-order valence-corrected chi connectivity index (χ2v) is 2.16. The zero-order valence-electron chi connectivity index (χ0n) is 6.28. The maximum atomic E-state index is 9.17. The number of phenols is 2. The van der Waals surface area contributed by atoms with Crippen molar-refractivity contribution in [3.05, 3.63) is 23.8 Å². The van der Waals surface area contributed by atoms with Gasteiger partial charge in [0.2, 0.25) is 0 Å². The van der Waals surface area contributed by atoms with Crippen molar-refractivity contribution in [3.8, 4) is 23.3 Å². The van der Waals surface area contributed by atoms with Crippen LogP contribution >= 0.6 is 0 Å². The molecule has 0 saturated carbocycles. The van der Waals surface area contributed by atoms with Gasteiger partial charge in [-0.3, -0.25) is 0 Å². The van der Waals surface area contributed by atoms with Crippen LogP contribution in [0.25, 0.3) is 0 Å². The second-order valence-electron chi connectivity index (χ2n) is 2.16. The minimum Gasteiger partial charge on any atom is -0.508 e. The highest BCUT2D eigenvalue weighted by atomic mass is 16.3. The third-order valence-corrected chi connectivity index (χ3v) is 1.28. The first-order chi connectivity index (χ1) is 5.74. The summed E-state index contributed by atoms with van der Waals surface area (Å²) in [5, 5.41) is 26.4. The van der Waals surface area contributed by atoms with Gasteiger partial charge in [0.05, 0.1) is 5.56 Å². The SMILES string of the molecule is OCC#Cc1ccc(O)cc1O. The summed E-state index contributed by atoms with van der Waals surface area (Å²) in [6.45, 7) is -0.250. The molecule has 0 spiro atoms. The van der Waals surface area contributed by atoms with Gasteiger partial charge < -0.3 is 15.3 Å². The van der Waals surface area contributed by atoms with Crippen molar-refractivity contribution >= 4 is 0 Å². The molecule has 0 unspecified atom stereocenters. The number of phenolic OH excluding ortho intramolecular Hbond substituents is 2. The molecule has 0 saturated heterocycles. The number of benzene rings is 1. The van der Waals surface area contributed by atoms with Crippen LogP contribution < -0.4 is 0 Å². The molecule has 12 heavy (non-hydrogen) atoms. The first kappa shape index (κ1) is 8.44. The van der Waals surface area contributed by atoms with Crippen molar-refractivity contribution in [3.63, 3.8) is 0 Å².